The second-order valence-corrected chi connectivity index (χ2v) is 7.55. The summed E-state index contributed by atoms with van der Waals surface area (Å²) in [5.74, 6) is 0. The van der Waals surface area contributed by atoms with Crippen LogP contribution in [0.4, 0.5) is 0 Å². The minimum absolute atomic E-state index is 0.0625. The summed E-state index contributed by atoms with van der Waals surface area (Å²) in [6, 6.07) is 10.5. The normalized spacial score (nSPS) is 21.8. The smallest absolute Gasteiger partial charge is 0.294 e. The molecule has 1 unspecified atom stereocenters. The van der Waals surface area contributed by atoms with Gasteiger partial charge in [-0.25, -0.2) is 0 Å². The van der Waals surface area contributed by atoms with Gasteiger partial charge in [0.25, 0.3) is 5.19 Å². The number of hydrogen-bond acceptors (Lipinski definition) is 6. The summed E-state index contributed by atoms with van der Waals surface area (Å²) in [5, 5.41) is 20.0. The zero-order chi connectivity index (χ0) is 16.8. The van der Waals surface area contributed by atoms with Gasteiger partial charge >= 0.3 is 0 Å². The molecule has 1 atom stereocenters. The summed E-state index contributed by atoms with van der Waals surface area (Å²) in [5.41, 5.74) is 1.23. The highest BCUT2D eigenvalue weighted by atomic mass is 32.1. The van der Waals surface area contributed by atoms with Crippen molar-refractivity contribution in [1.82, 2.24) is 15.1 Å². The van der Waals surface area contributed by atoms with Gasteiger partial charge in [-0.3, -0.25) is 4.90 Å². The first kappa shape index (κ1) is 17.3. The van der Waals surface area contributed by atoms with E-state index >= 15 is 0 Å². The van der Waals surface area contributed by atoms with E-state index in [1.54, 1.807) is 0 Å². The molecular weight excluding hydrogens is 322 g/mol. The molecule has 1 aromatic heterocycles. The molecule has 6 heteroatoms. The van der Waals surface area contributed by atoms with E-state index in [4.69, 9.17) is 4.74 Å². The van der Waals surface area contributed by atoms with Crippen molar-refractivity contribution in [2.45, 2.75) is 32.7 Å². The molecule has 5 nitrogen and oxygen atoms in total. The fraction of sp³-hybridized carbons (Fsp3) is 0.556. The fourth-order valence-electron chi connectivity index (χ4n) is 3.48. The standard InChI is InChI=1S/C18H25N3O2S/c1-2-23-17-20-19-16(24-17)12-21-10-6-9-18(13-21,14-22)11-15-7-4-3-5-8-15/h3-5,7-8,22H,2,6,9-14H2,1H3. The molecule has 1 saturated heterocycles. The van der Waals surface area contributed by atoms with Crippen LogP contribution in [0.1, 0.15) is 30.3 Å². The van der Waals surface area contributed by atoms with Gasteiger partial charge in [0.05, 0.1) is 19.8 Å². The summed E-state index contributed by atoms with van der Waals surface area (Å²) in [7, 11) is 0. The number of benzene rings is 1. The summed E-state index contributed by atoms with van der Waals surface area (Å²) in [6.45, 7) is 5.50. The van der Waals surface area contributed by atoms with Gasteiger partial charge in [-0.1, -0.05) is 41.7 Å². The minimum Gasteiger partial charge on any atom is -0.469 e. The first-order valence-corrected chi connectivity index (χ1v) is 9.37. The molecule has 0 aliphatic carbocycles. The number of likely N-dealkylation sites (tertiary alicyclic amines) is 1. The topological polar surface area (TPSA) is 58.5 Å². The zero-order valence-corrected chi connectivity index (χ0v) is 15.0. The van der Waals surface area contributed by atoms with Crippen molar-refractivity contribution in [2.75, 3.05) is 26.3 Å². The summed E-state index contributed by atoms with van der Waals surface area (Å²) in [6.07, 6.45) is 3.08. The van der Waals surface area contributed by atoms with Crippen LogP contribution in [-0.4, -0.2) is 46.5 Å². The number of nitrogens with zero attached hydrogens (tertiary/aromatic N) is 3. The van der Waals surface area contributed by atoms with Gasteiger partial charge in [0.1, 0.15) is 5.01 Å². The van der Waals surface area contributed by atoms with E-state index in [1.807, 2.05) is 13.0 Å². The molecule has 0 bridgehead atoms. The summed E-state index contributed by atoms with van der Waals surface area (Å²) in [4.78, 5) is 2.39. The zero-order valence-electron chi connectivity index (χ0n) is 14.1. The van der Waals surface area contributed by atoms with E-state index in [1.165, 1.54) is 16.9 Å². The van der Waals surface area contributed by atoms with Crippen LogP contribution in [0, 0.1) is 5.41 Å². The van der Waals surface area contributed by atoms with E-state index in [0.29, 0.717) is 11.8 Å². The molecule has 3 rings (SSSR count). The third-order valence-corrected chi connectivity index (χ3v) is 5.39. The van der Waals surface area contributed by atoms with Crippen molar-refractivity contribution < 1.29 is 9.84 Å². The lowest BCUT2D eigenvalue weighted by molar-refractivity contribution is 0.0287. The Kier molecular flexibility index (Phi) is 5.81. The van der Waals surface area contributed by atoms with Crippen LogP contribution in [0.2, 0.25) is 0 Å². The molecule has 0 spiro atoms. The van der Waals surface area contributed by atoms with Gasteiger partial charge in [-0.15, -0.1) is 10.2 Å². The Morgan fingerprint density at radius 3 is 2.88 bits per heavy atom. The average Bonchev–Trinajstić information content (AvgIpc) is 3.03. The van der Waals surface area contributed by atoms with E-state index in [9.17, 15) is 5.11 Å². The maximum atomic E-state index is 10.1. The molecule has 1 fully saturated rings. The Morgan fingerprint density at radius 2 is 2.12 bits per heavy atom. The predicted molar refractivity (Wildman–Crippen MR) is 95.3 cm³/mol. The average molecular weight is 347 g/mol. The Bertz CT molecular complexity index is 634. The number of ether oxygens (including phenoxy) is 1. The molecular formula is C18H25N3O2S. The Morgan fingerprint density at radius 1 is 1.29 bits per heavy atom. The third-order valence-electron chi connectivity index (χ3n) is 4.57. The van der Waals surface area contributed by atoms with Gasteiger partial charge in [0.2, 0.25) is 0 Å². The second-order valence-electron chi connectivity index (χ2n) is 6.53. The lowest BCUT2D eigenvalue weighted by Crippen LogP contribution is -2.46. The van der Waals surface area contributed by atoms with Gasteiger partial charge < -0.3 is 9.84 Å². The van der Waals surface area contributed by atoms with E-state index in [0.717, 1.165) is 43.9 Å². The molecule has 24 heavy (non-hydrogen) atoms. The molecule has 0 radical (unpaired) electrons. The van der Waals surface area contributed by atoms with Crippen LogP contribution >= 0.6 is 11.3 Å². The third kappa shape index (κ3) is 4.32. The van der Waals surface area contributed by atoms with Crippen molar-refractivity contribution in [3.05, 3.63) is 40.9 Å². The lowest BCUT2D eigenvalue weighted by atomic mass is 9.76. The maximum Gasteiger partial charge on any atom is 0.294 e. The highest BCUT2D eigenvalue weighted by Gasteiger charge is 2.35. The number of hydrogen-bond donors (Lipinski definition) is 1. The highest BCUT2D eigenvalue weighted by molar-refractivity contribution is 7.13. The van der Waals surface area contributed by atoms with Crippen molar-refractivity contribution in [2.24, 2.45) is 5.41 Å². The van der Waals surface area contributed by atoms with E-state index in [-0.39, 0.29) is 12.0 Å². The maximum absolute atomic E-state index is 10.1. The lowest BCUT2D eigenvalue weighted by Gasteiger charge is -2.41. The number of rotatable bonds is 7. The molecule has 1 aliphatic rings. The molecule has 0 saturated carbocycles. The Balaban J connectivity index is 1.65. The largest absolute Gasteiger partial charge is 0.469 e. The van der Waals surface area contributed by atoms with Crippen molar-refractivity contribution in [1.29, 1.82) is 0 Å². The minimum atomic E-state index is -0.0625. The second kappa shape index (κ2) is 8.05. The molecule has 0 amide bonds. The number of aliphatic hydroxyl groups excluding tert-OH is 1. The Hall–Kier alpha value is -1.50. The SMILES string of the molecule is CCOc1nnc(CN2CCCC(CO)(Cc3ccccc3)C2)s1. The van der Waals surface area contributed by atoms with Gasteiger partial charge in [0.15, 0.2) is 0 Å². The number of aromatic nitrogens is 2. The van der Waals surface area contributed by atoms with E-state index in [2.05, 4.69) is 39.4 Å². The van der Waals surface area contributed by atoms with Gasteiger partial charge in [0, 0.05) is 12.0 Å². The van der Waals surface area contributed by atoms with Crippen LogP contribution < -0.4 is 4.74 Å². The predicted octanol–water partition coefficient (Wildman–Crippen LogP) is 2.75. The van der Waals surface area contributed by atoms with Crippen molar-refractivity contribution >= 4 is 11.3 Å². The first-order valence-electron chi connectivity index (χ1n) is 8.55. The molecule has 130 valence electrons. The molecule has 1 aromatic carbocycles. The molecule has 2 aromatic rings. The van der Waals surface area contributed by atoms with Crippen LogP contribution in [0.15, 0.2) is 30.3 Å². The van der Waals surface area contributed by atoms with Crippen molar-refractivity contribution in [3.8, 4) is 5.19 Å². The van der Waals surface area contributed by atoms with Crippen LogP contribution in [-0.2, 0) is 13.0 Å². The van der Waals surface area contributed by atoms with Crippen LogP contribution in [0.3, 0.4) is 0 Å². The number of aliphatic hydroxyl groups is 1. The van der Waals surface area contributed by atoms with Crippen LogP contribution in [0.25, 0.3) is 0 Å². The van der Waals surface area contributed by atoms with Gasteiger partial charge in [-0.05, 0) is 38.3 Å². The van der Waals surface area contributed by atoms with Crippen molar-refractivity contribution in [3.63, 3.8) is 0 Å². The number of piperidine rings is 1. The molecule has 1 aliphatic heterocycles. The summed E-state index contributed by atoms with van der Waals surface area (Å²) < 4.78 is 5.40. The summed E-state index contributed by atoms with van der Waals surface area (Å²) >= 11 is 1.51. The molecule has 2 heterocycles. The highest BCUT2D eigenvalue weighted by Crippen LogP contribution is 2.34. The van der Waals surface area contributed by atoms with Gasteiger partial charge in [-0.2, -0.15) is 0 Å². The quantitative estimate of drug-likeness (QED) is 0.834. The Labute approximate surface area is 147 Å². The van der Waals surface area contributed by atoms with E-state index < -0.39 is 0 Å². The van der Waals surface area contributed by atoms with Crippen LogP contribution in [0.5, 0.6) is 5.19 Å². The fourth-order valence-corrected chi connectivity index (χ4v) is 4.27. The molecule has 1 N–H and O–H groups in total. The first-order chi connectivity index (χ1) is 11.7. The monoisotopic (exact) mass is 347 g/mol.